The highest BCUT2D eigenvalue weighted by Gasteiger charge is 2.37. The van der Waals surface area contributed by atoms with Crippen LogP contribution in [0.2, 0.25) is 10.2 Å². The molecule has 2 heterocycles. The highest BCUT2D eigenvalue weighted by atomic mass is 35.5. The Morgan fingerprint density at radius 3 is 2.12 bits per heavy atom. The third-order valence-electron chi connectivity index (χ3n) is 5.84. The van der Waals surface area contributed by atoms with Crippen molar-refractivity contribution in [2.75, 3.05) is 0 Å². The van der Waals surface area contributed by atoms with Gasteiger partial charge in [-0.25, -0.2) is 4.68 Å². The Balaban J connectivity index is 1.81. The average molecular weight is 635 g/mol. The van der Waals surface area contributed by atoms with Crippen molar-refractivity contribution in [2.24, 2.45) is 0 Å². The van der Waals surface area contributed by atoms with E-state index in [-0.39, 0.29) is 44.5 Å². The van der Waals surface area contributed by atoms with Crippen LogP contribution in [0.4, 0.5) is 26.3 Å². The highest BCUT2D eigenvalue weighted by molar-refractivity contribution is 6.35. The molecule has 0 amide bonds. The van der Waals surface area contributed by atoms with Gasteiger partial charge in [0, 0.05) is 5.56 Å². The van der Waals surface area contributed by atoms with Crippen molar-refractivity contribution in [1.29, 1.82) is 0 Å². The number of hydrogen-bond donors (Lipinski definition) is 0. The molecular formula is C27H22Cl2F6N4O3. The fraction of sp³-hybridized carbons (Fsp3) is 0.333. The number of ether oxygens (including phenoxy) is 1. The largest absolute Gasteiger partial charge is 0.416 e. The van der Waals surface area contributed by atoms with Crippen LogP contribution in [0.5, 0.6) is 0 Å². The lowest BCUT2D eigenvalue weighted by atomic mass is 9.98. The molecule has 224 valence electrons. The molecule has 0 aliphatic rings. The second-order valence-corrected chi connectivity index (χ2v) is 11.0. The second-order valence-electron chi connectivity index (χ2n) is 10.3. The third-order valence-corrected chi connectivity index (χ3v) is 6.55. The van der Waals surface area contributed by atoms with Crippen LogP contribution in [-0.4, -0.2) is 31.5 Å². The molecular weight excluding hydrogens is 613 g/mol. The monoisotopic (exact) mass is 634 g/mol. The van der Waals surface area contributed by atoms with Crippen LogP contribution in [0.3, 0.4) is 0 Å². The maximum absolute atomic E-state index is 13.7. The van der Waals surface area contributed by atoms with Gasteiger partial charge in [0.15, 0.2) is 16.6 Å². The summed E-state index contributed by atoms with van der Waals surface area (Å²) in [5.41, 5.74) is -4.42. The zero-order valence-electron chi connectivity index (χ0n) is 22.4. The number of ketones is 1. The number of aromatic nitrogens is 4. The molecule has 4 aromatic rings. The predicted molar refractivity (Wildman–Crippen MR) is 140 cm³/mol. The number of hydrogen-bond acceptors (Lipinski definition) is 6. The summed E-state index contributed by atoms with van der Waals surface area (Å²) < 4.78 is 92.4. The zero-order valence-corrected chi connectivity index (χ0v) is 23.9. The van der Waals surface area contributed by atoms with Crippen molar-refractivity contribution in [3.8, 4) is 11.4 Å². The lowest BCUT2D eigenvalue weighted by Crippen LogP contribution is -2.22. The van der Waals surface area contributed by atoms with Gasteiger partial charge in [0.05, 0.1) is 33.9 Å². The first kappa shape index (κ1) is 31.5. The normalized spacial score (nSPS) is 13.4. The summed E-state index contributed by atoms with van der Waals surface area (Å²) in [6.45, 7) is 6.38. The minimum Gasteiger partial charge on any atom is -0.365 e. The maximum atomic E-state index is 13.7. The van der Waals surface area contributed by atoms with Gasteiger partial charge in [0.1, 0.15) is 11.8 Å². The minimum atomic E-state index is -5.04. The summed E-state index contributed by atoms with van der Waals surface area (Å²) in [6.07, 6.45) is -10.9. The zero-order chi connectivity index (χ0) is 31.2. The predicted octanol–water partition coefficient (Wildman–Crippen LogP) is 8.43. The Hall–Kier alpha value is -3.42. The molecule has 0 N–H and O–H groups in total. The summed E-state index contributed by atoms with van der Waals surface area (Å²) in [4.78, 5) is 13.7. The van der Waals surface area contributed by atoms with E-state index in [1.165, 1.54) is 12.1 Å². The summed E-state index contributed by atoms with van der Waals surface area (Å²) in [6, 6.07) is 7.32. The van der Waals surface area contributed by atoms with E-state index in [2.05, 4.69) is 15.5 Å². The summed E-state index contributed by atoms with van der Waals surface area (Å²) >= 11 is 12.7. The number of nitrogens with zero attached hydrogens (tertiary/aromatic N) is 4. The molecule has 0 fully saturated rings. The summed E-state index contributed by atoms with van der Waals surface area (Å²) in [5.74, 6) is -0.599. The van der Waals surface area contributed by atoms with Gasteiger partial charge < -0.3 is 9.26 Å². The number of carbonyl (C=O) groups is 1. The topological polar surface area (TPSA) is 83.0 Å². The van der Waals surface area contributed by atoms with E-state index in [4.69, 9.17) is 32.5 Å². The quantitative estimate of drug-likeness (QED) is 0.150. The van der Waals surface area contributed by atoms with Crippen molar-refractivity contribution < 1.29 is 40.4 Å². The number of carbonyl (C=O) groups excluding carboxylic acids is 1. The smallest absolute Gasteiger partial charge is 0.365 e. The van der Waals surface area contributed by atoms with E-state index >= 15 is 0 Å². The van der Waals surface area contributed by atoms with Crippen molar-refractivity contribution in [2.45, 2.75) is 58.3 Å². The molecule has 7 nitrogen and oxygen atoms in total. The maximum Gasteiger partial charge on any atom is 0.416 e. The Bertz CT molecular complexity index is 1590. The van der Waals surface area contributed by atoms with E-state index in [1.807, 2.05) is 0 Å². The molecule has 2 aromatic heterocycles. The third kappa shape index (κ3) is 6.79. The van der Waals surface area contributed by atoms with Crippen LogP contribution in [-0.2, 0) is 23.6 Å². The molecule has 0 saturated carbocycles. The molecule has 0 unspecified atom stereocenters. The molecule has 0 spiro atoms. The first-order valence-corrected chi connectivity index (χ1v) is 13.0. The minimum absolute atomic E-state index is 0.0161. The van der Waals surface area contributed by atoms with E-state index in [0.29, 0.717) is 12.1 Å². The van der Waals surface area contributed by atoms with Gasteiger partial charge in [-0.3, -0.25) is 4.79 Å². The van der Waals surface area contributed by atoms with E-state index in [0.717, 1.165) is 4.68 Å². The molecule has 15 heteroatoms. The first-order chi connectivity index (χ1) is 19.4. The van der Waals surface area contributed by atoms with Gasteiger partial charge in [0.2, 0.25) is 5.78 Å². The van der Waals surface area contributed by atoms with Crippen molar-refractivity contribution in [3.63, 3.8) is 0 Å². The summed E-state index contributed by atoms with van der Waals surface area (Å²) in [7, 11) is 0. The number of benzene rings is 2. The number of alkyl halides is 6. The van der Waals surface area contributed by atoms with Crippen LogP contribution in [0.15, 0.2) is 47.0 Å². The van der Waals surface area contributed by atoms with Crippen molar-refractivity contribution in [3.05, 3.63) is 86.2 Å². The molecule has 0 bridgehead atoms. The van der Waals surface area contributed by atoms with Gasteiger partial charge in [-0.2, -0.15) is 26.3 Å². The lowest BCUT2D eigenvalue weighted by molar-refractivity contribution is -0.143. The Morgan fingerprint density at radius 1 is 0.976 bits per heavy atom. The van der Waals surface area contributed by atoms with E-state index < -0.39 is 53.1 Å². The molecule has 0 aliphatic carbocycles. The van der Waals surface area contributed by atoms with Crippen molar-refractivity contribution in [1.82, 2.24) is 20.2 Å². The Morgan fingerprint density at radius 2 is 1.57 bits per heavy atom. The number of rotatable bonds is 7. The molecule has 0 saturated heterocycles. The van der Waals surface area contributed by atoms with Gasteiger partial charge in [-0.1, -0.05) is 45.7 Å². The number of halogens is 8. The molecule has 42 heavy (non-hydrogen) atoms. The van der Waals surface area contributed by atoms with E-state index in [1.54, 1.807) is 39.8 Å². The molecule has 1 atom stereocenters. The van der Waals surface area contributed by atoms with Gasteiger partial charge >= 0.3 is 12.4 Å². The van der Waals surface area contributed by atoms with E-state index in [9.17, 15) is 31.1 Å². The lowest BCUT2D eigenvalue weighted by Gasteiger charge is -2.24. The van der Waals surface area contributed by atoms with Gasteiger partial charge in [-0.15, -0.1) is 5.10 Å². The van der Waals surface area contributed by atoms with Crippen LogP contribution in [0, 0.1) is 0 Å². The fourth-order valence-electron chi connectivity index (χ4n) is 4.16. The second kappa shape index (κ2) is 11.3. The van der Waals surface area contributed by atoms with Gasteiger partial charge in [-0.05, 0) is 63.6 Å². The Labute approximate surface area is 245 Å². The average Bonchev–Trinajstić information content (AvgIpc) is 3.45. The summed E-state index contributed by atoms with van der Waals surface area (Å²) in [5, 5.41) is 11.5. The first-order valence-electron chi connectivity index (χ1n) is 12.2. The van der Waals surface area contributed by atoms with Crippen LogP contribution in [0.25, 0.3) is 11.4 Å². The molecule has 2 aromatic carbocycles. The fourth-order valence-corrected chi connectivity index (χ4v) is 4.60. The Kier molecular flexibility index (Phi) is 8.51. The van der Waals surface area contributed by atoms with Crippen LogP contribution in [0.1, 0.15) is 72.2 Å². The molecule has 0 aliphatic heterocycles. The SMILES string of the molecule is C[C@@H](OC(C)(C)C)c1onc(-c2nnn(Cc3cc(C(F)(F)F)cc(C(F)(F)F)c3)c2Cl)c1C(=O)c1ccccc1Cl. The molecule has 0 radical (unpaired) electrons. The standard InChI is InChI=1S/C27H22Cl2F6N4O3/c1-13(41-25(2,3)4)23-19(22(40)17-7-5-6-8-18(17)28)20(37-42-23)21-24(29)39(38-36-21)12-14-9-15(26(30,31)32)11-16(10-14)27(33,34)35/h5-11,13H,12H2,1-4H3/t13-/m1/s1. The van der Waals surface area contributed by atoms with Crippen molar-refractivity contribution >= 4 is 29.0 Å². The van der Waals surface area contributed by atoms with Crippen LogP contribution < -0.4 is 0 Å². The van der Waals surface area contributed by atoms with Gasteiger partial charge in [0.25, 0.3) is 0 Å². The van der Waals surface area contributed by atoms with Crippen LogP contribution >= 0.6 is 23.2 Å². The molecule has 4 rings (SSSR count). The highest BCUT2D eigenvalue weighted by Crippen LogP contribution is 2.39.